The average molecular weight is 493 g/mol. The summed E-state index contributed by atoms with van der Waals surface area (Å²) in [5, 5.41) is 0.612. The Labute approximate surface area is 206 Å². The van der Waals surface area contributed by atoms with E-state index in [-0.39, 0.29) is 24.4 Å². The minimum Gasteiger partial charge on any atom is -0.336 e. The van der Waals surface area contributed by atoms with E-state index in [0.29, 0.717) is 31.6 Å². The van der Waals surface area contributed by atoms with Crippen molar-refractivity contribution >= 4 is 39.9 Å². The first kappa shape index (κ1) is 22.8. The Balaban J connectivity index is 1.62. The molecule has 3 aromatic rings. The zero-order chi connectivity index (χ0) is 23.8. The maximum absolute atomic E-state index is 13.7. The Morgan fingerprint density at radius 3 is 2.56 bits per heavy atom. The minimum atomic E-state index is -1.55. The second kappa shape index (κ2) is 9.35. The number of carbonyl (C=O) groups is 2. The monoisotopic (exact) mass is 492 g/mol. The van der Waals surface area contributed by atoms with Gasteiger partial charge in [0.1, 0.15) is 0 Å². The Bertz CT molecular complexity index is 1290. The number of rotatable bonds is 3. The summed E-state index contributed by atoms with van der Waals surface area (Å²) < 4.78 is 13.6. The molecule has 1 saturated heterocycles. The van der Waals surface area contributed by atoms with Crippen molar-refractivity contribution in [3.63, 3.8) is 0 Å². The van der Waals surface area contributed by atoms with Gasteiger partial charge in [-0.3, -0.25) is 9.59 Å². The Morgan fingerprint density at radius 1 is 1.03 bits per heavy atom. The van der Waals surface area contributed by atoms with E-state index in [1.165, 1.54) is 0 Å². The van der Waals surface area contributed by atoms with Gasteiger partial charge in [-0.1, -0.05) is 35.9 Å². The highest BCUT2D eigenvalue weighted by Crippen LogP contribution is 2.36. The van der Waals surface area contributed by atoms with Crippen LogP contribution in [0.25, 0.3) is 0 Å². The number of hydrogen-bond acceptors (Lipinski definition) is 3. The Morgan fingerprint density at radius 2 is 1.79 bits per heavy atom. The highest BCUT2D eigenvalue weighted by molar-refractivity contribution is 7.85. The number of halogens is 1. The summed E-state index contributed by atoms with van der Waals surface area (Å²) in [4.78, 5) is 31.7. The summed E-state index contributed by atoms with van der Waals surface area (Å²) in [7, 11) is -1.55. The van der Waals surface area contributed by atoms with Gasteiger partial charge in [0.15, 0.2) is 0 Å². The van der Waals surface area contributed by atoms with Crippen molar-refractivity contribution < 1.29 is 13.8 Å². The third-order valence-corrected chi connectivity index (χ3v) is 8.33. The van der Waals surface area contributed by atoms with Crippen LogP contribution in [0.5, 0.6) is 0 Å². The van der Waals surface area contributed by atoms with Crippen LogP contribution >= 0.6 is 11.6 Å². The lowest BCUT2D eigenvalue weighted by atomic mass is 10.0. The number of piperidine rings is 1. The second-order valence-corrected chi connectivity index (χ2v) is 10.7. The maximum Gasteiger partial charge on any atom is 0.259 e. The number of fused-ring (bicyclic) bond motifs is 2. The largest absolute Gasteiger partial charge is 0.336 e. The Kier molecular flexibility index (Phi) is 6.28. The molecule has 174 valence electrons. The molecule has 0 aliphatic carbocycles. The van der Waals surface area contributed by atoms with Gasteiger partial charge in [0.05, 0.1) is 38.4 Å². The van der Waals surface area contributed by atoms with E-state index in [4.69, 9.17) is 11.6 Å². The van der Waals surface area contributed by atoms with E-state index < -0.39 is 10.8 Å². The van der Waals surface area contributed by atoms with E-state index in [9.17, 15) is 13.8 Å². The predicted octanol–water partition coefficient (Wildman–Crippen LogP) is 5.68. The molecule has 0 unspecified atom stereocenters. The van der Waals surface area contributed by atoms with E-state index >= 15 is 0 Å². The molecule has 5 nitrogen and oxygen atoms in total. The second-order valence-electron chi connectivity index (χ2n) is 8.81. The number of amides is 2. The fourth-order valence-electron chi connectivity index (χ4n) is 4.69. The zero-order valence-electron chi connectivity index (χ0n) is 18.9. The first-order valence-corrected chi connectivity index (χ1v) is 13.0. The number of likely N-dealkylation sites (tertiary alicyclic amines) is 1. The van der Waals surface area contributed by atoms with Gasteiger partial charge in [-0.25, -0.2) is 4.21 Å². The van der Waals surface area contributed by atoms with Crippen LogP contribution in [0.3, 0.4) is 0 Å². The van der Waals surface area contributed by atoms with E-state index in [1.54, 1.807) is 59.5 Å². The summed E-state index contributed by atoms with van der Waals surface area (Å²) >= 11 is 6.05. The molecule has 2 aliphatic heterocycles. The number of carbonyl (C=O) groups excluding carboxylic acids is 2. The Hall–Kier alpha value is -2.96. The molecular weight excluding hydrogens is 468 g/mol. The third-order valence-electron chi connectivity index (χ3n) is 6.58. The maximum atomic E-state index is 13.7. The van der Waals surface area contributed by atoms with Gasteiger partial charge >= 0.3 is 0 Å². The molecule has 0 bridgehead atoms. The molecule has 5 rings (SSSR count). The van der Waals surface area contributed by atoms with Gasteiger partial charge in [0, 0.05) is 23.2 Å². The van der Waals surface area contributed by atoms with Gasteiger partial charge in [-0.2, -0.15) is 0 Å². The van der Waals surface area contributed by atoms with Crippen molar-refractivity contribution in [1.82, 2.24) is 4.90 Å². The van der Waals surface area contributed by atoms with Crippen LogP contribution in [0, 0.1) is 0 Å². The van der Waals surface area contributed by atoms with Gasteiger partial charge in [0.2, 0.25) is 0 Å². The van der Waals surface area contributed by atoms with Crippen LogP contribution in [0.15, 0.2) is 76.5 Å². The van der Waals surface area contributed by atoms with Crippen LogP contribution in [0.4, 0.5) is 5.69 Å². The molecule has 0 N–H and O–H groups in total. The molecule has 3 aromatic carbocycles. The van der Waals surface area contributed by atoms with Gasteiger partial charge in [-0.05, 0) is 74.2 Å². The molecule has 7 heteroatoms. The van der Waals surface area contributed by atoms with Gasteiger partial charge in [0.25, 0.3) is 11.8 Å². The summed E-state index contributed by atoms with van der Waals surface area (Å²) in [6.45, 7) is 3.07. The molecule has 2 aliphatic rings. The number of anilines is 1. The quantitative estimate of drug-likeness (QED) is 0.472. The van der Waals surface area contributed by atoms with Crippen LogP contribution < -0.4 is 4.90 Å². The topological polar surface area (TPSA) is 57.7 Å². The smallest absolute Gasteiger partial charge is 0.259 e. The van der Waals surface area contributed by atoms with Gasteiger partial charge < -0.3 is 9.80 Å². The summed E-state index contributed by atoms with van der Waals surface area (Å²) in [5.74, 6) is -0.296. The van der Waals surface area contributed by atoms with Crippen molar-refractivity contribution in [3.8, 4) is 0 Å². The van der Waals surface area contributed by atoms with Crippen LogP contribution in [0.2, 0.25) is 5.02 Å². The fraction of sp³-hybridized carbons (Fsp3) is 0.259. The molecule has 1 fully saturated rings. The number of benzene rings is 3. The molecule has 34 heavy (non-hydrogen) atoms. The average Bonchev–Trinajstić information content (AvgIpc) is 2.94. The molecule has 2 heterocycles. The lowest BCUT2D eigenvalue weighted by Gasteiger charge is -2.33. The zero-order valence-corrected chi connectivity index (χ0v) is 20.4. The van der Waals surface area contributed by atoms with E-state index in [0.717, 1.165) is 31.4 Å². The third kappa shape index (κ3) is 4.17. The van der Waals surface area contributed by atoms with Crippen LogP contribution in [-0.2, 0) is 17.3 Å². The molecule has 0 radical (unpaired) electrons. The summed E-state index contributed by atoms with van der Waals surface area (Å²) in [6, 6.07) is 19.7. The molecule has 2 atom stereocenters. The SMILES string of the molecule is C[C@H]1CCCCN1C(=O)c1ccc2c(c1)N(Cc1ccc(Cl)cc1)C(=O)c1ccccc1[S@@]2=O. The lowest BCUT2D eigenvalue weighted by molar-refractivity contribution is 0.0635. The van der Waals surface area contributed by atoms with Crippen molar-refractivity contribution in [3.05, 3.63) is 88.4 Å². The molecule has 2 amide bonds. The van der Waals surface area contributed by atoms with Crippen molar-refractivity contribution in [2.45, 2.75) is 48.6 Å². The lowest BCUT2D eigenvalue weighted by Crippen LogP contribution is -2.42. The highest BCUT2D eigenvalue weighted by Gasteiger charge is 2.32. The summed E-state index contributed by atoms with van der Waals surface area (Å²) in [5.41, 5.74) is 2.30. The van der Waals surface area contributed by atoms with E-state index in [2.05, 4.69) is 6.92 Å². The standard InChI is InChI=1S/C27H25ClN2O3S/c1-18-6-4-5-15-29(18)26(31)20-11-14-25-23(16-20)30(17-19-9-12-21(28)13-10-19)27(32)22-7-2-3-8-24(22)34(25)33/h2-3,7-14,16,18H,4-6,15,17H2,1H3/t18-,34-/m0/s1. The molecular formula is C27H25ClN2O3S. The van der Waals surface area contributed by atoms with Crippen molar-refractivity contribution in [2.24, 2.45) is 0 Å². The van der Waals surface area contributed by atoms with Gasteiger partial charge in [-0.15, -0.1) is 0 Å². The predicted molar refractivity (Wildman–Crippen MR) is 134 cm³/mol. The number of nitrogens with zero attached hydrogens (tertiary/aromatic N) is 2. The van der Waals surface area contributed by atoms with Crippen molar-refractivity contribution in [1.29, 1.82) is 0 Å². The normalized spacial score (nSPS) is 19.9. The van der Waals surface area contributed by atoms with E-state index in [1.807, 2.05) is 17.0 Å². The first-order chi connectivity index (χ1) is 16.4. The fourth-order valence-corrected chi connectivity index (χ4v) is 6.16. The molecule has 0 aromatic heterocycles. The van der Waals surface area contributed by atoms with Crippen LogP contribution in [-0.4, -0.2) is 33.5 Å². The number of hydrogen-bond donors (Lipinski definition) is 0. The summed E-state index contributed by atoms with van der Waals surface area (Å²) in [6.07, 6.45) is 3.09. The van der Waals surface area contributed by atoms with Crippen LogP contribution in [0.1, 0.15) is 52.5 Å². The highest BCUT2D eigenvalue weighted by atomic mass is 35.5. The molecule has 0 spiro atoms. The molecule has 0 saturated carbocycles. The first-order valence-electron chi connectivity index (χ1n) is 11.5. The van der Waals surface area contributed by atoms with Crippen molar-refractivity contribution in [2.75, 3.05) is 11.4 Å². The minimum absolute atomic E-state index is 0.0542.